The zero-order chi connectivity index (χ0) is 26.5. The molecule has 0 aliphatic heterocycles. The predicted molar refractivity (Wildman–Crippen MR) is 138 cm³/mol. The molecule has 202 valence electrons. The number of carboxylic acid groups (broad SMARTS) is 1. The molecule has 1 aliphatic rings. The van der Waals surface area contributed by atoms with Gasteiger partial charge < -0.3 is 24.2 Å². The number of nitrogens with zero attached hydrogens (tertiary/aromatic N) is 1. The molecule has 0 bridgehead atoms. The van der Waals surface area contributed by atoms with E-state index in [0.717, 1.165) is 24.3 Å². The second-order valence-corrected chi connectivity index (χ2v) is 9.43. The average molecular weight is 516 g/mol. The number of rotatable bonds is 14. The molecule has 1 N–H and O–H groups in total. The van der Waals surface area contributed by atoms with Gasteiger partial charge in [0.25, 0.3) is 0 Å². The van der Waals surface area contributed by atoms with Crippen LogP contribution in [0.15, 0.2) is 48.5 Å². The van der Waals surface area contributed by atoms with Gasteiger partial charge in [-0.15, -0.1) is 0 Å². The third-order valence-electron chi connectivity index (χ3n) is 6.66. The van der Waals surface area contributed by atoms with Crippen molar-refractivity contribution in [3.63, 3.8) is 0 Å². The van der Waals surface area contributed by atoms with Crippen LogP contribution in [0.1, 0.15) is 57.4 Å². The number of hydrogen-bond donors (Lipinski definition) is 1. The van der Waals surface area contributed by atoms with Crippen molar-refractivity contribution in [3.8, 4) is 11.5 Å². The Morgan fingerprint density at radius 2 is 1.68 bits per heavy atom. The minimum absolute atomic E-state index is 0.271. The van der Waals surface area contributed by atoms with Gasteiger partial charge in [-0.1, -0.05) is 44.2 Å². The summed E-state index contributed by atoms with van der Waals surface area (Å²) in [7, 11) is 0. The zero-order valence-electron chi connectivity index (χ0n) is 21.6. The topological polar surface area (TPSA) is 85.3 Å². The maximum Gasteiger partial charge on any atom is 0.415 e. The van der Waals surface area contributed by atoms with Crippen molar-refractivity contribution >= 4 is 12.1 Å². The van der Waals surface area contributed by atoms with Crippen LogP contribution in [-0.2, 0) is 16.0 Å². The molecule has 1 unspecified atom stereocenters. The first-order valence-electron chi connectivity index (χ1n) is 13.2. The van der Waals surface area contributed by atoms with Crippen molar-refractivity contribution in [2.45, 2.75) is 64.4 Å². The van der Waals surface area contributed by atoms with Crippen LogP contribution >= 0.6 is 0 Å². The number of halogens is 1. The summed E-state index contributed by atoms with van der Waals surface area (Å²) in [5.41, 5.74) is 0.834. The third kappa shape index (κ3) is 10.0. The summed E-state index contributed by atoms with van der Waals surface area (Å²) in [5.74, 6) is 0.271. The fourth-order valence-electron chi connectivity index (χ4n) is 4.64. The minimum atomic E-state index is -0.988. The van der Waals surface area contributed by atoms with E-state index in [0.29, 0.717) is 31.2 Å². The van der Waals surface area contributed by atoms with Gasteiger partial charge in [-0.25, -0.2) is 14.0 Å². The number of amides is 1. The molecule has 0 radical (unpaired) electrons. The quantitative estimate of drug-likeness (QED) is 0.327. The Bertz CT molecular complexity index is 959. The Morgan fingerprint density at radius 1 is 1.00 bits per heavy atom. The fourth-order valence-corrected chi connectivity index (χ4v) is 4.64. The number of aliphatic carboxylic acids is 1. The molecule has 1 atom stereocenters. The van der Waals surface area contributed by atoms with Crippen LogP contribution in [0.3, 0.4) is 0 Å². The smallest absolute Gasteiger partial charge is 0.415 e. The number of carboxylic acids is 1. The van der Waals surface area contributed by atoms with E-state index in [1.54, 1.807) is 24.0 Å². The number of hydrogen-bond acceptors (Lipinski definition) is 5. The number of carbonyl (C=O) groups is 2. The van der Waals surface area contributed by atoms with E-state index >= 15 is 0 Å². The van der Waals surface area contributed by atoms with Crippen LogP contribution < -0.4 is 9.47 Å². The average Bonchev–Trinajstić information content (AvgIpc) is 2.90. The SMILES string of the molecule is CCOC(Cc1ccc(OCCN(CCCC2CCCCC2)C(=O)Oc2ccc(F)cc2)cc1)C(=O)O. The van der Waals surface area contributed by atoms with Crippen molar-refractivity contribution < 1.29 is 33.3 Å². The summed E-state index contributed by atoms with van der Waals surface area (Å²) in [6.45, 7) is 3.28. The number of carbonyl (C=O) groups excluding carboxylic acids is 1. The Kier molecular flexibility index (Phi) is 11.7. The van der Waals surface area contributed by atoms with Crippen molar-refractivity contribution in [3.05, 3.63) is 59.9 Å². The molecular formula is C29H38FNO6. The highest BCUT2D eigenvalue weighted by Gasteiger charge is 2.19. The molecule has 1 aliphatic carbocycles. The van der Waals surface area contributed by atoms with Gasteiger partial charge in [-0.2, -0.15) is 0 Å². The Balaban J connectivity index is 1.52. The van der Waals surface area contributed by atoms with Crippen LogP contribution in [0, 0.1) is 11.7 Å². The van der Waals surface area contributed by atoms with Gasteiger partial charge in [-0.3, -0.25) is 0 Å². The maximum absolute atomic E-state index is 13.2. The van der Waals surface area contributed by atoms with E-state index in [2.05, 4.69) is 0 Å². The normalized spacial score (nSPS) is 14.6. The highest BCUT2D eigenvalue weighted by atomic mass is 19.1. The summed E-state index contributed by atoms with van der Waals surface area (Å²) >= 11 is 0. The first-order chi connectivity index (χ1) is 17.9. The largest absolute Gasteiger partial charge is 0.492 e. The lowest BCUT2D eigenvalue weighted by atomic mass is 9.86. The predicted octanol–water partition coefficient (Wildman–Crippen LogP) is 6.10. The third-order valence-corrected chi connectivity index (χ3v) is 6.66. The van der Waals surface area contributed by atoms with Gasteiger partial charge in [-0.05, 0) is 67.6 Å². The second kappa shape index (κ2) is 15.2. The standard InChI is InChI=1S/C29H38FNO6/c1-2-35-27(28(32)33)21-23-10-14-25(15-11-23)36-20-19-31(18-6-9-22-7-4-3-5-8-22)29(34)37-26-16-12-24(30)13-17-26/h10-17,22,27H,2-9,18-21H2,1H3,(H,32,33). The summed E-state index contributed by atoms with van der Waals surface area (Å²) in [5, 5.41) is 9.27. The van der Waals surface area contributed by atoms with E-state index in [4.69, 9.17) is 14.2 Å². The molecule has 0 saturated heterocycles. The Labute approximate surface area is 218 Å². The Hall–Kier alpha value is -3.13. The second-order valence-electron chi connectivity index (χ2n) is 9.43. The summed E-state index contributed by atoms with van der Waals surface area (Å²) in [6.07, 6.45) is 7.30. The summed E-state index contributed by atoms with van der Waals surface area (Å²) in [4.78, 5) is 25.8. The maximum atomic E-state index is 13.2. The van der Waals surface area contributed by atoms with Crippen LogP contribution in [0.4, 0.5) is 9.18 Å². The molecule has 7 nitrogen and oxygen atoms in total. The number of benzene rings is 2. The fraction of sp³-hybridized carbons (Fsp3) is 0.517. The molecule has 2 aromatic carbocycles. The van der Waals surface area contributed by atoms with Crippen molar-refractivity contribution in [2.75, 3.05) is 26.3 Å². The number of ether oxygens (including phenoxy) is 3. The molecule has 0 aromatic heterocycles. The van der Waals surface area contributed by atoms with E-state index in [1.807, 2.05) is 12.1 Å². The van der Waals surface area contributed by atoms with E-state index in [1.165, 1.54) is 56.4 Å². The van der Waals surface area contributed by atoms with Crippen LogP contribution in [0.5, 0.6) is 11.5 Å². The highest BCUT2D eigenvalue weighted by molar-refractivity contribution is 5.72. The monoisotopic (exact) mass is 515 g/mol. The molecule has 3 rings (SSSR count). The molecule has 0 spiro atoms. The van der Waals surface area contributed by atoms with Gasteiger partial charge in [0.15, 0.2) is 6.10 Å². The van der Waals surface area contributed by atoms with E-state index < -0.39 is 18.2 Å². The zero-order valence-corrected chi connectivity index (χ0v) is 21.6. The highest BCUT2D eigenvalue weighted by Crippen LogP contribution is 2.27. The van der Waals surface area contributed by atoms with E-state index in [9.17, 15) is 19.1 Å². The van der Waals surface area contributed by atoms with Gasteiger partial charge in [0.2, 0.25) is 0 Å². The molecule has 0 heterocycles. The van der Waals surface area contributed by atoms with Gasteiger partial charge >= 0.3 is 12.1 Å². The molecular weight excluding hydrogens is 477 g/mol. The molecule has 1 amide bonds. The lowest BCUT2D eigenvalue weighted by Crippen LogP contribution is -2.37. The Morgan fingerprint density at radius 3 is 2.32 bits per heavy atom. The lowest BCUT2D eigenvalue weighted by molar-refractivity contribution is -0.149. The van der Waals surface area contributed by atoms with Gasteiger partial charge in [0, 0.05) is 19.6 Å². The molecule has 1 saturated carbocycles. The van der Waals surface area contributed by atoms with Crippen LogP contribution in [0.25, 0.3) is 0 Å². The summed E-state index contributed by atoms with van der Waals surface area (Å²) in [6, 6.07) is 12.6. The first kappa shape index (κ1) is 28.4. The molecule has 1 fully saturated rings. The van der Waals surface area contributed by atoms with Crippen molar-refractivity contribution in [1.82, 2.24) is 4.90 Å². The van der Waals surface area contributed by atoms with Gasteiger partial charge in [0.05, 0.1) is 6.54 Å². The van der Waals surface area contributed by atoms with Crippen LogP contribution in [0.2, 0.25) is 0 Å². The van der Waals surface area contributed by atoms with Crippen LogP contribution in [-0.4, -0.2) is 54.5 Å². The van der Waals surface area contributed by atoms with Crippen molar-refractivity contribution in [1.29, 1.82) is 0 Å². The van der Waals surface area contributed by atoms with E-state index in [-0.39, 0.29) is 18.8 Å². The summed E-state index contributed by atoms with van der Waals surface area (Å²) < 4.78 is 29.8. The molecule has 37 heavy (non-hydrogen) atoms. The molecule has 2 aromatic rings. The van der Waals surface area contributed by atoms with Crippen molar-refractivity contribution in [2.24, 2.45) is 5.92 Å². The minimum Gasteiger partial charge on any atom is -0.492 e. The lowest BCUT2D eigenvalue weighted by Gasteiger charge is -2.25. The van der Waals surface area contributed by atoms with Gasteiger partial charge in [0.1, 0.15) is 23.9 Å². The molecule has 8 heteroatoms. The first-order valence-corrected chi connectivity index (χ1v) is 13.2.